The van der Waals surface area contributed by atoms with E-state index in [4.69, 9.17) is 10.1 Å². The number of imidazole rings is 1. The summed E-state index contributed by atoms with van der Waals surface area (Å²) >= 11 is 0. The number of hydrogen-bond donors (Lipinski definition) is 3. The van der Waals surface area contributed by atoms with Crippen molar-refractivity contribution in [1.82, 2.24) is 24.9 Å². The van der Waals surface area contributed by atoms with Crippen LogP contribution in [0.1, 0.15) is 61.1 Å². The van der Waals surface area contributed by atoms with Crippen LogP contribution in [0.3, 0.4) is 0 Å². The molecule has 1 spiro atoms. The van der Waals surface area contributed by atoms with Crippen LogP contribution in [0.2, 0.25) is 0 Å². The first kappa shape index (κ1) is 21.3. The van der Waals surface area contributed by atoms with E-state index in [1.165, 1.54) is 38.5 Å². The molecule has 1 saturated heterocycles. The van der Waals surface area contributed by atoms with E-state index in [2.05, 4.69) is 15.5 Å². The second kappa shape index (κ2) is 7.77. The minimum atomic E-state index is 0.0320. The average molecular weight is 464 g/mol. The Kier molecular flexibility index (Phi) is 4.88. The van der Waals surface area contributed by atoms with Gasteiger partial charge in [-0.1, -0.05) is 6.07 Å². The summed E-state index contributed by atoms with van der Waals surface area (Å²) in [5, 5.41) is 15.8. The van der Waals surface area contributed by atoms with Crippen LogP contribution in [-0.4, -0.2) is 64.1 Å². The third-order valence-corrected chi connectivity index (χ3v) is 10.2. The Morgan fingerprint density at radius 1 is 1.21 bits per heavy atom. The number of nitrogens with zero attached hydrogens (tertiary/aromatic N) is 3. The van der Waals surface area contributed by atoms with Crippen LogP contribution in [0.5, 0.6) is 0 Å². The van der Waals surface area contributed by atoms with Gasteiger partial charge in [-0.15, -0.1) is 0 Å². The van der Waals surface area contributed by atoms with Crippen molar-refractivity contribution in [2.45, 2.75) is 57.5 Å². The van der Waals surface area contributed by atoms with Crippen molar-refractivity contribution >= 4 is 11.6 Å². The number of rotatable bonds is 8. The van der Waals surface area contributed by atoms with Crippen molar-refractivity contribution < 1.29 is 9.90 Å². The Balaban J connectivity index is 1.03. The average Bonchev–Trinajstić information content (AvgIpc) is 3.53. The predicted molar refractivity (Wildman–Crippen MR) is 129 cm³/mol. The van der Waals surface area contributed by atoms with Gasteiger partial charge in [-0.05, 0) is 85.7 Å². The van der Waals surface area contributed by atoms with Crippen molar-refractivity contribution in [3.63, 3.8) is 0 Å². The molecule has 5 fully saturated rings. The number of hydrogen-bond acceptors (Lipinski definition) is 5. The zero-order valence-corrected chi connectivity index (χ0v) is 20.0. The monoisotopic (exact) mass is 463 g/mol. The summed E-state index contributed by atoms with van der Waals surface area (Å²) in [6.07, 6.45) is 11.5. The predicted octanol–water partition coefficient (Wildman–Crippen LogP) is 2.44. The van der Waals surface area contributed by atoms with Gasteiger partial charge in [0.2, 0.25) is 0 Å². The van der Waals surface area contributed by atoms with E-state index in [0.29, 0.717) is 29.1 Å². The molecule has 0 radical (unpaired) electrons. The Morgan fingerprint density at radius 3 is 3.06 bits per heavy atom. The molecule has 3 heterocycles. The first-order valence-electron chi connectivity index (χ1n) is 13.4. The minimum absolute atomic E-state index is 0.0320. The Bertz CT molecular complexity index is 1110. The number of aliphatic hydroxyl groups is 1. The Labute approximate surface area is 201 Å². The fourth-order valence-electron chi connectivity index (χ4n) is 9.07. The van der Waals surface area contributed by atoms with Crippen LogP contribution in [0.15, 0.2) is 24.4 Å². The van der Waals surface area contributed by atoms with Crippen molar-refractivity contribution in [3.8, 4) is 0 Å². The standard InChI is InChI=1S/C27H37N5O2/c33-7-5-28-21-4-6-31(13-21)14-22-15-32-23(2-1-3-24(32)30-22)25(34)29-17-26-10-18-8-19-9-20(12-26)27(19,11-18)16-26/h1-3,15,18-21,28,33H,4-14,16-17H2,(H,29,34)/t18?,19?,20?,21-,26?,27?/m1/s1. The molecule has 1 amide bonds. The van der Waals surface area contributed by atoms with Gasteiger partial charge in [0.1, 0.15) is 11.3 Å². The van der Waals surface area contributed by atoms with Gasteiger partial charge < -0.3 is 15.7 Å². The van der Waals surface area contributed by atoms with Crippen LogP contribution < -0.4 is 10.6 Å². The minimum Gasteiger partial charge on any atom is -0.395 e. The quantitative estimate of drug-likeness (QED) is 0.560. The van der Waals surface area contributed by atoms with Gasteiger partial charge >= 0.3 is 0 Å². The molecular formula is C27H37N5O2. The lowest BCUT2D eigenvalue weighted by molar-refractivity contribution is -0.00254. The SMILES string of the molecule is O=C(NCC12CC3CC4CC(C1)C4(C3)C2)c1cccc2nc(CN3CC[C@@H](NCCO)C3)cn12. The fraction of sp³-hybridized carbons (Fsp3) is 0.704. The number of nitrogens with one attached hydrogen (secondary N) is 2. The molecular weight excluding hydrogens is 426 g/mol. The Morgan fingerprint density at radius 2 is 2.15 bits per heavy atom. The highest BCUT2D eigenvalue weighted by Crippen LogP contribution is 2.78. The molecule has 2 aromatic heterocycles. The molecule has 6 atom stereocenters. The van der Waals surface area contributed by atoms with Gasteiger partial charge in [0, 0.05) is 45.0 Å². The van der Waals surface area contributed by atoms with Crippen molar-refractivity contribution in [3.05, 3.63) is 35.8 Å². The summed E-state index contributed by atoms with van der Waals surface area (Å²) in [6, 6.07) is 6.29. The smallest absolute Gasteiger partial charge is 0.268 e. The summed E-state index contributed by atoms with van der Waals surface area (Å²) in [5.74, 6) is 2.87. The topological polar surface area (TPSA) is 81.9 Å². The lowest BCUT2D eigenvalue weighted by Crippen LogP contribution is -2.43. The molecule has 1 aliphatic heterocycles. The van der Waals surface area contributed by atoms with E-state index in [1.807, 2.05) is 28.8 Å². The summed E-state index contributed by atoms with van der Waals surface area (Å²) in [4.78, 5) is 20.6. The van der Waals surface area contributed by atoms with E-state index < -0.39 is 0 Å². The lowest BCUT2D eigenvalue weighted by Gasteiger charge is -2.49. The van der Waals surface area contributed by atoms with Crippen LogP contribution in [0.25, 0.3) is 5.65 Å². The van der Waals surface area contributed by atoms with E-state index in [-0.39, 0.29) is 12.5 Å². The van der Waals surface area contributed by atoms with Gasteiger partial charge in [0.15, 0.2) is 0 Å². The van der Waals surface area contributed by atoms with Gasteiger partial charge in [-0.3, -0.25) is 14.1 Å². The van der Waals surface area contributed by atoms with Gasteiger partial charge in [-0.25, -0.2) is 4.98 Å². The molecule has 182 valence electrons. The molecule has 2 aromatic rings. The fourth-order valence-corrected chi connectivity index (χ4v) is 9.07. The molecule has 4 saturated carbocycles. The molecule has 7 nitrogen and oxygen atoms in total. The summed E-state index contributed by atoms with van der Waals surface area (Å²) in [7, 11) is 0. The molecule has 3 N–H and O–H groups in total. The summed E-state index contributed by atoms with van der Waals surface area (Å²) in [5.41, 5.74) is 3.54. The zero-order chi connectivity index (χ0) is 22.9. The third-order valence-electron chi connectivity index (χ3n) is 10.2. The number of pyridine rings is 1. The van der Waals surface area contributed by atoms with Crippen LogP contribution in [0.4, 0.5) is 0 Å². The number of aliphatic hydroxyl groups excluding tert-OH is 1. The Hall–Kier alpha value is -1.96. The van der Waals surface area contributed by atoms with Crippen LogP contribution >= 0.6 is 0 Å². The third kappa shape index (κ3) is 3.27. The summed E-state index contributed by atoms with van der Waals surface area (Å²) < 4.78 is 1.97. The molecule has 3 bridgehead atoms. The number of carbonyl (C=O) groups excluding carboxylic acids is 1. The zero-order valence-electron chi connectivity index (χ0n) is 20.0. The maximum absolute atomic E-state index is 13.3. The summed E-state index contributed by atoms with van der Waals surface area (Å²) in [6.45, 7) is 4.44. The molecule has 34 heavy (non-hydrogen) atoms. The van der Waals surface area contributed by atoms with Crippen molar-refractivity contribution in [1.29, 1.82) is 0 Å². The molecule has 4 aliphatic carbocycles. The molecule has 0 aromatic carbocycles. The molecule has 7 rings (SSSR count). The maximum atomic E-state index is 13.3. The number of fused-ring (bicyclic) bond motifs is 3. The molecule has 5 unspecified atom stereocenters. The molecule has 5 aliphatic rings. The van der Waals surface area contributed by atoms with Crippen LogP contribution in [-0.2, 0) is 6.54 Å². The van der Waals surface area contributed by atoms with Crippen molar-refractivity contribution in [2.75, 3.05) is 32.8 Å². The maximum Gasteiger partial charge on any atom is 0.268 e. The van der Waals surface area contributed by atoms with Gasteiger partial charge in [0.05, 0.1) is 12.3 Å². The highest BCUT2D eigenvalue weighted by Gasteiger charge is 2.70. The second-order valence-electron chi connectivity index (χ2n) is 12.2. The normalized spacial score (nSPS) is 37.9. The van der Waals surface area contributed by atoms with E-state index in [1.54, 1.807) is 0 Å². The lowest BCUT2D eigenvalue weighted by atomic mass is 9.55. The number of carbonyl (C=O) groups is 1. The first-order valence-corrected chi connectivity index (χ1v) is 13.4. The van der Waals surface area contributed by atoms with Crippen LogP contribution in [0, 0.1) is 28.6 Å². The number of aromatic nitrogens is 2. The number of amides is 1. The van der Waals surface area contributed by atoms with E-state index in [9.17, 15) is 4.79 Å². The highest BCUT2D eigenvalue weighted by atomic mass is 16.3. The highest BCUT2D eigenvalue weighted by molar-refractivity contribution is 5.93. The molecule has 7 heteroatoms. The van der Waals surface area contributed by atoms with Gasteiger partial charge in [-0.2, -0.15) is 0 Å². The first-order chi connectivity index (χ1) is 16.6. The second-order valence-corrected chi connectivity index (χ2v) is 12.2. The van der Waals surface area contributed by atoms with Crippen molar-refractivity contribution in [2.24, 2.45) is 28.6 Å². The largest absolute Gasteiger partial charge is 0.395 e. The van der Waals surface area contributed by atoms with E-state index >= 15 is 0 Å². The van der Waals surface area contributed by atoms with E-state index in [0.717, 1.165) is 61.7 Å². The van der Waals surface area contributed by atoms with Gasteiger partial charge in [0.25, 0.3) is 5.91 Å². The number of likely N-dealkylation sites (tertiary alicyclic amines) is 1.